The molecule has 1 unspecified atom stereocenters. The lowest BCUT2D eigenvalue weighted by Crippen LogP contribution is -2.46. The zero-order valence-corrected chi connectivity index (χ0v) is 23.0. The first-order valence-electron chi connectivity index (χ1n) is 14.1. The molecule has 2 aromatic rings. The van der Waals surface area contributed by atoms with E-state index in [9.17, 15) is 18.8 Å². The van der Waals surface area contributed by atoms with Crippen LogP contribution in [0.4, 0.5) is 4.39 Å². The van der Waals surface area contributed by atoms with Crippen LogP contribution in [0.5, 0.6) is 0 Å². The molecule has 1 amide bonds. The molecule has 1 N–H and O–H groups in total. The number of aromatic nitrogens is 3. The normalized spacial score (nSPS) is 21.7. The number of pyridine rings is 1. The van der Waals surface area contributed by atoms with Gasteiger partial charge in [-0.3, -0.25) is 18.7 Å². The van der Waals surface area contributed by atoms with E-state index < -0.39 is 11.4 Å². The highest BCUT2D eigenvalue weighted by molar-refractivity contribution is 7.99. The Labute approximate surface area is 222 Å². The van der Waals surface area contributed by atoms with Crippen LogP contribution in [0, 0.1) is 11.7 Å². The van der Waals surface area contributed by atoms with Crippen LogP contribution in [0.2, 0.25) is 0 Å². The van der Waals surface area contributed by atoms with Gasteiger partial charge in [-0.15, -0.1) is 0 Å². The van der Waals surface area contributed by atoms with E-state index in [1.807, 2.05) is 11.8 Å². The van der Waals surface area contributed by atoms with E-state index in [1.54, 1.807) is 4.57 Å². The fourth-order valence-corrected chi connectivity index (χ4v) is 6.92. The number of unbranched alkanes of at least 4 members (excludes halogenated alkanes) is 2. The van der Waals surface area contributed by atoms with Crippen LogP contribution < -0.4 is 16.6 Å². The molecule has 1 saturated carbocycles. The van der Waals surface area contributed by atoms with E-state index in [-0.39, 0.29) is 40.8 Å². The van der Waals surface area contributed by atoms with Gasteiger partial charge in [-0.2, -0.15) is 11.8 Å². The van der Waals surface area contributed by atoms with Gasteiger partial charge in [0, 0.05) is 24.5 Å². The summed E-state index contributed by atoms with van der Waals surface area (Å²) < 4.78 is 17.1. The van der Waals surface area contributed by atoms with Gasteiger partial charge in [-0.25, -0.2) is 14.2 Å². The maximum atomic E-state index is 14.1. The molecule has 0 spiro atoms. The lowest BCUT2D eigenvalue weighted by molar-refractivity contribution is -0.122. The third-order valence-corrected chi connectivity index (χ3v) is 9.12. The second-order valence-corrected chi connectivity index (χ2v) is 12.1. The van der Waals surface area contributed by atoms with Crippen LogP contribution in [-0.2, 0) is 4.79 Å². The Morgan fingerprint density at radius 1 is 1.08 bits per heavy atom. The van der Waals surface area contributed by atoms with Crippen molar-refractivity contribution < 1.29 is 9.18 Å². The van der Waals surface area contributed by atoms with Gasteiger partial charge < -0.3 is 5.32 Å². The monoisotopic (exact) mass is 532 g/mol. The highest BCUT2D eigenvalue weighted by Crippen LogP contribution is 2.30. The summed E-state index contributed by atoms with van der Waals surface area (Å²) in [6.45, 7) is 4.42. The Morgan fingerprint density at radius 2 is 1.78 bits per heavy atom. The molecule has 2 aromatic heterocycles. The molecular formula is C28H41FN4O3S. The molecule has 2 aliphatic rings. The number of thioether (sulfide) groups is 1. The number of nitrogens with one attached hydrogen (secondary N) is 1. The first-order chi connectivity index (χ1) is 17.9. The molecule has 1 atom stereocenters. The van der Waals surface area contributed by atoms with E-state index in [2.05, 4.69) is 24.1 Å². The molecule has 0 radical (unpaired) electrons. The summed E-state index contributed by atoms with van der Waals surface area (Å²) in [5, 5.41) is 3.34. The molecule has 204 valence electrons. The van der Waals surface area contributed by atoms with Crippen LogP contribution in [0.15, 0.2) is 21.9 Å². The SMILES string of the molecule is CCCCCC(C)CCC(=O)N[C@H]1CC[C@@H](n2c(=O)c3cc(F)cnc3n(C3CCSCC3)c2=O)CC1. The number of carbonyl (C=O) groups excluding carboxylic acids is 1. The van der Waals surface area contributed by atoms with E-state index in [0.717, 1.165) is 37.0 Å². The topological polar surface area (TPSA) is 86.0 Å². The predicted octanol–water partition coefficient (Wildman–Crippen LogP) is 5.36. The Kier molecular flexibility index (Phi) is 9.84. The average molecular weight is 533 g/mol. The number of fused-ring (bicyclic) bond motifs is 1. The van der Waals surface area contributed by atoms with Crippen molar-refractivity contribution in [1.29, 1.82) is 0 Å². The fraction of sp³-hybridized carbons (Fsp3) is 0.714. The summed E-state index contributed by atoms with van der Waals surface area (Å²) in [6, 6.07) is 0.973. The average Bonchev–Trinajstić information content (AvgIpc) is 2.90. The minimum atomic E-state index is -0.577. The largest absolute Gasteiger partial charge is 0.353 e. The zero-order valence-electron chi connectivity index (χ0n) is 22.2. The highest BCUT2D eigenvalue weighted by Gasteiger charge is 2.29. The lowest BCUT2D eigenvalue weighted by atomic mass is 9.90. The fourth-order valence-electron chi connectivity index (χ4n) is 5.84. The van der Waals surface area contributed by atoms with Gasteiger partial charge >= 0.3 is 5.69 Å². The minimum Gasteiger partial charge on any atom is -0.353 e. The molecule has 0 bridgehead atoms. The summed E-state index contributed by atoms with van der Waals surface area (Å²) in [5.41, 5.74) is -0.509. The Morgan fingerprint density at radius 3 is 2.49 bits per heavy atom. The van der Waals surface area contributed by atoms with E-state index >= 15 is 0 Å². The van der Waals surface area contributed by atoms with Crippen molar-refractivity contribution in [3.05, 3.63) is 38.9 Å². The first kappa shape index (κ1) is 27.9. The third-order valence-electron chi connectivity index (χ3n) is 8.07. The van der Waals surface area contributed by atoms with Crippen molar-refractivity contribution in [3.8, 4) is 0 Å². The van der Waals surface area contributed by atoms with Crippen LogP contribution >= 0.6 is 11.8 Å². The van der Waals surface area contributed by atoms with E-state index in [1.165, 1.54) is 36.3 Å². The Hall–Kier alpha value is -2.16. The molecular weight excluding hydrogens is 491 g/mol. The molecule has 37 heavy (non-hydrogen) atoms. The van der Waals surface area contributed by atoms with Gasteiger partial charge in [-0.05, 0) is 68.4 Å². The Balaban J connectivity index is 1.44. The number of halogens is 1. The standard InChI is InChI=1S/C28H41FN4O3S/c1-3-4-5-6-19(2)7-12-25(34)31-21-8-10-22(11-9-21)33-27(35)24-17-20(29)18-30-26(24)32(28(33)36)23-13-15-37-16-14-23/h17-19,21-23H,3-16H2,1-2H3,(H,31,34)/t19?,21-,22+. The molecule has 7 nitrogen and oxygen atoms in total. The van der Waals surface area contributed by atoms with Gasteiger partial charge in [0.05, 0.1) is 11.6 Å². The summed E-state index contributed by atoms with van der Waals surface area (Å²) in [7, 11) is 0. The van der Waals surface area contributed by atoms with Crippen molar-refractivity contribution in [2.45, 2.75) is 109 Å². The Bertz CT molecular complexity index is 1180. The third kappa shape index (κ3) is 6.84. The van der Waals surface area contributed by atoms with Crippen molar-refractivity contribution >= 4 is 28.7 Å². The van der Waals surface area contributed by atoms with Gasteiger partial charge in [0.25, 0.3) is 5.56 Å². The zero-order chi connectivity index (χ0) is 26.4. The second-order valence-electron chi connectivity index (χ2n) is 10.9. The summed E-state index contributed by atoms with van der Waals surface area (Å²) in [5.74, 6) is 1.96. The van der Waals surface area contributed by atoms with Gasteiger partial charge in [0.1, 0.15) is 11.5 Å². The second kappa shape index (κ2) is 13.1. The molecule has 1 saturated heterocycles. The van der Waals surface area contributed by atoms with Crippen molar-refractivity contribution in [3.63, 3.8) is 0 Å². The molecule has 3 heterocycles. The number of carbonyl (C=O) groups is 1. The summed E-state index contributed by atoms with van der Waals surface area (Å²) in [6.07, 6.45) is 11.7. The van der Waals surface area contributed by atoms with Crippen LogP contribution in [0.1, 0.15) is 103 Å². The number of hydrogen-bond acceptors (Lipinski definition) is 5. The van der Waals surface area contributed by atoms with Crippen LogP contribution in [0.25, 0.3) is 11.0 Å². The molecule has 0 aromatic carbocycles. The van der Waals surface area contributed by atoms with Gasteiger partial charge in [0.15, 0.2) is 0 Å². The summed E-state index contributed by atoms with van der Waals surface area (Å²) in [4.78, 5) is 43.8. The number of amides is 1. The van der Waals surface area contributed by atoms with Crippen LogP contribution in [0.3, 0.4) is 0 Å². The number of hydrogen-bond donors (Lipinski definition) is 1. The van der Waals surface area contributed by atoms with Crippen LogP contribution in [-0.4, -0.2) is 37.6 Å². The molecule has 1 aliphatic carbocycles. The van der Waals surface area contributed by atoms with Gasteiger partial charge in [0.2, 0.25) is 5.91 Å². The first-order valence-corrected chi connectivity index (χ1v) is 15.2. The maximum Gasteiger partial charge on any atom is 0.333 e. The molecule has 4 rings (SSSR count). The van der Waals surface area contributed by atoms with Crippen molar-refractivity contribution in [2.75, 3.05) is 11.5 Å². The van der Waals surface area contributed by atoms with E-state index in [4.69, 9.17) is 0 Å². The summed E-state index contributed by atoms with van der Waals surface area (Å²) >= 11 is 1.86. The van der Waals surface area contributed by atoms with E-state index in [0.29, 0.717) is 38.0 Å². The van der Waals surface area contributed by atoms with Crippen molar-refractivity contribution in [1.82, 2.24) is 19.4 Å². The van der Waals surface area contributed by atoms with Gasteiger partial charge in [-0.1, -0.05) is 39.5 Å². The maximum absolute atomic E-state index is 14.1. The predicted molar refractivity (Wildman–Crippen MR) is 148 cm³/mol. The number of rotatable bonds is 10. The quantitative estimate of drug-likeness (QED) is 0.416. The lowest BCUT2D eigenvalue weighted by Gasteiger charge is -2.31. The highest BCUT2D eigenvalue weighted by atomic mass is 32.2. The molecule has 1 aliphatic heterocycles. The van der Waals surface area contributed by atoms with Crippen molar-refractivity contribution in [2.24, 2.45) is 5.92 Å². The molecule has 9 heteroatoms. The number of nitrogens with zero attached hydrogens (tertiary/aromatic N) is 3. The minimum absolute atomic E-state index is 0.0407. The smallest absolute Gasteiger partial charge is 0.333 e. The molecule has 2 fully saturated rings.